The van der Waals surface area contributed by atoms with E-state index >= 15 is 0 Å². The Morgan fingerprint density at radius 3 is 2.71 bits per heavy atom. The van der Waals surface area contributed by atoms with Crippen molar-refractivity contribution < 1.29 is 9.53 Å². The molecule has 0 heterocycles. The lowest BCUT2D eigenvalue weighted by Gasteiger charge is -2.39. The molecule has 0 aliphatic heterocycles. The molecule has 2 rings (SSSR count). The standard InChI is InChI=1S/C16H21BrClNO2/c1-11-5-7-16(10-17,8-6-11)19-15(20)13-4-3-12(18)9-14(13)21-2/h3-4,9,11H,5-8,10H2,1-2H3,(H,19,20). The first-order chi connectivity index (χ1) is 9.99. The highest BCUT2D eigenvalue weighted by Crippen LogP contribution is 2.34. The Kier molecular flexibility index (Phi) is 5.55. The lowest BCUT2D eigenvalue weighted by Crippen LogP contribution is -2.52. The maximum absolute atomic E-state index is 12.6. The van der Waals surface area contributed by atoms with Crippen molar-refractivity contribution in [3.05, 3.63) is 28.8 Å². The molecule has 1 aliphatic carbocycles. The van der Waals surface area contributed by atoms with Gasteiger partial charge in [0, 0.05) is 10.4 Å². The van der Waals surface area contributed by atoms with Crippen molar-refractivity contribution in [2.45, 2.75) is 38.1 Å². The molecule has 3 nitrogen and oxygen atoms in total. The van der Waals surface area contributed by atoms with Crippen LogP contribution in [0.2, 0.25) is 5.02 Å². The number of rotatable bonds is 4. The van der Waals surface area contributed by atoms with Gasteiger partial charge >= 0.3 is 0 Å². The molecule has 5 heteroatoms. The summed E-state index contributed by atoms with van der Waals surface area (Å²) in [7, 11) is 1.55. The van der Waals surface area contributed by atoms with Gasteiger partial charge in [-0.3, -0.25) is 4.79 Å². The quantitative estimate of drug-likeness (QED) is 0.792. The van der Waals surface area contributed by atoms with E-state index in [1.807, 2.05) is 0 Å². The minimum atomic E-state index is -0.158. The molecule has 21 heavy (non-hydrogen) atoms. The third kappa shape index (κ3) is 3.92. The van der Waals surface area contributed by atoms with Crippen LogP contribution < -0.4 is 10.1 Å². The predicted molar refractivity (Wildman–Crippen MR) is 89.6 cm³/mol. The number of alkyl halides is 1. The van der Waals surface area contributed by atoms with E-state index in [-0.39, 0.29) is 11.4 Å². The van der Waals surface area contributed by atoms with Crippen LogP contribution in [-0.2, 0) is 0 Å². The Bertz CT molecular complexity index is 513. The van der Waals surface area contributed by atoms with Crippen molar-refractivity contribution in [3.8, 4) is 5.75 Å². The Morgan fingerprint density at radius 2 is 2.14 bits per heavy atom. The molecule has 1 aromatic rings. The minimum absolute atomic E-state index is 0.0995. The normalized spacial score (nSPS) is 25.4. The second-order valence-electron chi connectivity index (χ2n) is 5.90. The van der Waals surface area contributed by atoms with Crippen LogP contribution >= 0.6 is 27.5 Å². The van der Waals surface area contributed by atoms with Crippen molar-refractivity contribution >= 4 is 33.4 Å². The third-order valence-corrected chi connectivity index (χ3v) is 5.58. The summed E-state index contributed by atoms with van der Waals surface area (Å²) in [5.41, 5.74) is 0.370. The molecular formula is C16H21BrClNO2. The van der Waals surface area contributed by atoms with E-state index in [2.05, 4.69) is 28.2 Å². The number of hydrogen-bond donors (Lipinski definition) is 1. The molecule has 1 aliphatic rings. The fourth-order valence-electron chi connectivity index (χ4n) is 2.77. The highest BCUT2D eigenvalue weighted by atomic mass is 79.9. The lowest BCUT2D eigenvalue weighted by molar-refractivity contribution is 0.0871. The van der Waals surface area contributed by atoms with Crippen molar-refractivity contribution in [1.29, 1.82) is 0 Å². The van der Waals surface area contributed by atoms with Gasteiger partial charge in [0.25, 0.3) is 5.91 Å². The van der Waals surface area contributed by atoms with E-state index in [0.717, 1.165) is 36.9 Å². The van der Waals surface area contributed by atoms with Gasteiger partial charge in [0.15, 0.2) is 0 Å². The van der Waals surface area contributed by atoms with Crippen LogP contribution in [0, 0.1) is 5.92 Å². The first kappa shape index (κ1) is 16.6. The van der Waals surface area contributed by atoms with E-state index in [1.165, 1.54) is 0 Å². The van der Waals surface area contributed by atoms with Crippen LogP contribution in [0.25, 0.3) is 0 Å². The zero-order valence-electron chi connectivity index (χ0n) is 12.4. The number of halogens is 2. The molecule has 0 atom stereocenters. The highest BCUT2D eigenvalue weighted by Gasteiger charge is 2.35. The zero-order chi connectivity index (χ0) is 15.5. The molecule has 0 unspecified atom stereocenters. The number of hydrogen-bond acceptors (Lipinski definition) is 2. The predicted octanol–water partition coefficient (Wildman–Crippen LogP) is 4.42. The number of benzene rings is 1. The van der Waals surface area contributed by atoms with Crippen molar-refractivity contribution in [3.63, 3.8) is 0 Å². The Balaban J connectivity index is 2.16. The van der Waals surface area contributed by atoms with E-state index in [0.29, 0.717) is 16.3 Å². The first-order valence-corrected chi connectivity index (χ1v) is 8.71. The van der Waals surface area contributed by atoms with Crippen molar-refractivity contribution in [1.82, 2.24) is 5.32 Å². The van der Waals surface area contributed by atoms with E-state index in [9.17, 15) is 4.79 Å². The Labute approximate surface area is 139 Å². The van der Waals surface area contributed by atoms with Gasteiger partial charge in [-0.15, -0.1) is 0 Å². The van der Waals surface area contributed by atoms with Gasteiger partial charge in [-0.25, -0.2) is 0 Å². The van der Waals surface area contributed by atoms with Crippen LogP contribution in [0.3, 0.4) is 0 Å². The van der Waals surface area contributed by atoms with Crippen molar-refractivity contribution in [2.24, 2.45) is 5.92 Å². The van der Waals surface area contributed by atoms with Gasteiger partial charge in [-0.2, -0.15) is 0 Å². The summed E-state index contributed by atoms with van der Waals surface area (Å²) in [6, 6.07) is 5.09. The topological polar surface area (TPSA) is 38.3 Å². The van der Waals surface area contributed by atoms with Gasteiger partial charge in [0.1, 0.15) is 5.75 Å². The van der Waals surface area contributed by atoms with Gasteiger partial charge in [-0.05, 0) is 49.8 Å². The van der Waals surface area contributed by atoms with Crippen LogP contribution in [0.15, 0.2) is 18.2 Å². The summed E-state index contributed by atoms with van der Waals surface area (Å²) < 4.78 is 5.26. The molecule has 0 aromatic heterocycles. The Morgan fingerprint density at radius 1 is 1.48 bits per heavy atom. The summed E-state index contributed by atoms with van der Waals surface area (Å²) in [6.45, 7) is 2.27. The maximum Gasteiger partial charge on any atom is 0.255 e. The molecule has 0 bridgehead atoms. The van der Waals surface area contributed by atoms with Crippen LogP contribution in [0.5, 0.6) is 5.75 Å². The maximum atomic E-state index is 12.6. The molecule has 1 fully saturated rings. The van der Waals surface area contributed by atoms with Crippen LogP contribution in [0.1, 0.15) is 43.0 Å². The van der Waals surface area contributed by atoms with E-state index < -0.39 is 0 Å². The number of carbonyl (C=O) groups is 1. The molecule has 1 N–H and O–H groups in total. The molecule has 1 saturated carbocycles. The SMILES string of the molecule is COc1cc(Cl)ccc1C(=O)NC1(CBr)CCC(C)CC1. The molecule has 0 radical (unpaired) electrons. The first-order valence-electron chi connectivity index (χ1n) is 7.22. The summed E-state index contributed by atoms with van der Waals surface area (Å²) in [6.07, 6.45) is 4.29. The molecule has 0 saturated heterocycles. The van der Waals surface area contributed by atoms with Crippen LogP contribution in [0.4, 0.5) is 0 Å². The third-order valence-electron chi connectivity index (χ3n) is 4.27. The van der Waals surface area contributed by atoms with E-state index in [1.54, 1.807) is 25.3 Å². The lowest BCUT2D eigenvalue weighted by atomic mass is 9.78. The molecule has 1 aromatic carbocycles. The molecule has 0 spiro atoms. The second-order valence-corrected chi connectivity index (χ2v) is 6.89. The zero-order valence-corrected chi connectivity index (χ0v) is 14.8. The monoisotopic (exact) mass is 373 g/mol. The van der Waals surface area contributed by atoms with Gasteiger partial charge in [-0.1, -0.05) is 34.5 Å². The molecule has 116 valence electrons. The summed E-state index contributed by atoms with van der Waals surface area (Å²) in [5.74, 6) is 1.14. The number of methoxy groups -OCH3 is 1. The summed E-state index contributed by atoms with van der Waals surface area (Å²) >= 11 is 9.51. The average Bonchev–Trinajstić information content (AvgIpc) is 2.49. The molecule has 1 amide bonds. The fourth-order valence-corrected chi connectivity index (χ4v) is 3.63. The minimum Gasteiger partial charge on any atom is -0.496 e. The number of nitrogens with one attached hydrogen (secondary N) is 1. The fraction of sp³-hybridized carbons (Fsp3) is 0.562. The van der Waals surface area contributed by atoms with E-state index in [4.69, 9.17) is 16.3 Å². The molecular weight excluding hydrogens is 354 g/mol. The van der Waals surface area contributed by atoms with Gasteiger partial charge < -0.3 is 10.1 Å². The second kappa shape index (κ2) is 7.01. The van der Waals surface area contributed by atoms with Crippen molar-refractivity contribution in [2.75, 3.05) is 12.4 Å². The highest BCUT2D eigenvalue weighted by molar-refractivity contribution is 9.09. The average molecular weight is 375 g/mol. The Hall–Kier alpha value is -0.740. The smallest absolute Gasteiger partial charge is 0.255 e. The van der Waals surface area contributed by atoms with Gasteiger partial charge in [0.05, 0.1) is 18.2 Å². The number of ether oxygens (including phenoxy) is 1. The summed E-state index contributed by atoms with van der Waals surface area (Å²) in [4.78, 5) is 12.6. The largest absolute Gasteiger partial charge is 0.496 e. The number of carbonyl (C=O) groups excluding carboxylic acids is 1. The van der Waals surface area contributed by atoms with Gasteiger partial charge in [0.2, 0.25) is 0 Å². The number of amides is 1. The van der Waals surface area contributed by atoms with Crippen LogP contribution in [-0.4, -0.2) is 23.9 Å². The summed E-state index contributed by atoms with van der Waals surface area (Å²) in [5, 5.41) is 4.54.